The van der Waals surface area contributed by atoms with E-state index < -0.39 is 0 Å². The van der Waals surface area contributed by atoms with E-state index in [0.717, 1.165) is 16.8 Å². The Kier molecular flexibility index (Phi) is 5.24. The van der Waals surface area contributed by atoms with Crippen molar-refractivity contribution in [2.45, 2.75) is 19.3 Å². The molecule has 6 aromatic carbocycles. The SMILES string of the molecule is CC1(C)c2ccccc2-c2ccc(-c3cc(-c4ccccc4)c4cc(-c5ccc6ccccc6c5)ccc4n3)cc21. The maximum Gasteiger partial charge on any atom is 0.0716 e. The third-order valence-electron chi connectivity index (χ3n) is 8.86. The zero-order valence-electron chi connectivity index (χ0n) is 23.2. The molecule has 1 nitrogen and oxygen atoms in total. The lowest BCUT2D eigenvalue weighted by molar-refractivity contribution is 0.660. The summed E-state index contributed by atoms with van der Waals surface area (Å²) in [6.45, 7) is 4.66. The summed E-state index contributed by atoms with van der Waals surface area (Å²) in [5.74, 6) is 0. The lowest BCUT2D eigenvalue weighted by Crippen LogP contribution is -2.14. The summed E-state index contributed by atoms with van der Waals surface area (Å²) in [6.07, 6.45) is 0. The largest absolute Gasteiger partial charge is 0.248 e. The van der Waals surface area contributed by atoms with E-state index in [1.54, 1.807) is 0 Å². The number of aromatic nitrogens is 1. The summed E-state index contributed by atoms with van der Waals surface area (Å²) in [6, 6.07) is 50.6. The van der Waals surface area contributed by atoms with E-state index in [2.05, 4.69) is 153 Å². The predicted molar refractivity (Wildman–Crippen MR) is 173 cm³/mol. The molecule has 0 bridgehead atoms. The summed E-state index contributed by atoms with van der Waals surface area (Å²) >= 11 is 0. The van der Waals surface area contributed by atoms with Crippen molar-refractivity contribution in [1.82, 2.24) is 4.98 Å². The van der Waals surface area contributed by atoms with Crippen LogP contribution in [0, 0.1) is 0 Å². The van der Waals surface area contributed by atoms with Gasteiger partial charge in [-0.15, -0.1) is 0 Å². The third-order valence-corrected chi connectivity index (χ3v) is 8.86. The Morgan fingerprint density at radius 3 is 2.00 bits per heavy atom. The minimum Gasteiger partial charge on any atom is -0.248 e. The van der Waals surface area contributed by atoms with E-state index in [1.807, 2.05) is 0 Å². The average molecular weight is 524 g/mol. The summed E-state index contributed by atoms with van der Waals surface area (Å²) < 4.78 is 0. The van der Waals surface area contributed by atoms with Crippen molar-refractivity contribution in [3.63, 3.8) is 0 Å². The lowest BCUT2D eigenvalue weighted by Gasteiger charge is -2.22. The van der Waals surface area contributed by atoms with Crippen molar-refractivity contribution in [1.29, 1.82) is 0 Å². The Morgan fingerprint density at radius 1 is 0.439 bits per heavy atom. The van der Waals surface area contributed by atoms with Crippen molar-refractivity contribution in [3.05, 3.63) is 151 Å². The van der Waals surface area contributed by atoms with Crippen molar-refractivity contribution in [2.75, 3.05) is 0 Å². The monoisotopic (exact) mass is 523 g/mol. The van der Waals surface area contributed by atoms with Crippen LogP contribution in [0.3, 0.4) is 0 Å². The minimum absolute atomic E-state index is 0.0458. The maximum atomic E-state index is 5.24. The minimum atomic E-state index is -0.0458. The number of benzene rings is 6. The molecule has 1 aliphatic carbocycles. The topological polar surface area (TPSA) is 12.9 Å². The predicted octanol–water partition coefficient (Wildman–Crippen LogP) is 10.7. The smallest absolute Gasteiger partial charge is 0.0716 e. The van der Waals surface area contributed by atoms with Crippen LogP contribution in [0.1, 0.15) is 25.0 Å². The Labute approximate surface area is 240 Å². The second-order valence-corrected chi connectivity index (χ2v) is 11.6. The standard InChI is InChI=1S/C40H29N/c1-40(2)36-15-9-8-14-32(36)33-20-18-31(24-37(33)40)39-25-34(27-11-4-3-5-12-27)35-23-30(19-21-38(35)41-39)29-17-16-26-10-6-7-13-28(26)22-29/h3-25H,1-2H3. The van der Waals surface area contributed by atoms with Crippen LogP contribution >= 0.6 is 0 Å². The molecule has 0 amide bonds. The highest BCUT2D eigenvalue weighted by atomic mass is 14.7. The molecular weight excluding hydrogens is 494 g/mol. The van der Waals surface area contributed by atoms with Gasteiger partial charge in [0.1, 0.15) is 0 Å². The number of fused-ring (bicyclic) bond motifs is 5. The van der Waals surface area contributed by atoms with Gasteiger partial charge in [0.25, 0.3) is 0 Å². The van der Waals surface area contributed by atoms with Crippen LogP contribution in [-0.2, 0) is 5.41 Å². The van der Waals surface area contributed by atoms with E-state index in [-0.39, 0.29) is 5.41 Å². The van der Waals surface area contributed by atoms with Crippen molar-refractivity contribution >= 4 is 21.7 Å². The Morgan fingerprint density at radius 2 is 1.12 bits per heavy atom. The number of hydrogen-bond donors (Lipinski definition) is 0. The average Bonchev–Trinajstić information content (AvgIpc) is 3.26. The molecule has 0 unspecified atom stereocenters. The van der Waals surface area contributed by atoms with Crippen LogP contribution in [0.5, 0.6) is 0 Å². The second-order valence-electron chi connectivity index (χ2n) is 11.6. The molecule has 0 spiro atoms. The zero-order chi connectivity index (χ0) is 27.6. The van der Waals surface area contributed by atoms with Gasteiger partial charge in [-0.3, -0.25) is 0 Å². The van der Waals surface area contributed by atoms with E-state index in [0.29, 0.717) is 0 Å². The second kappa shape index (κ2) is 9.01. The first-order valence-corrected chi connectivity index (χ1v) is 14.3. The first kappa shape index (κ1) is 23.8. The molecule has 41 heavy (non-hydrogen) atoms. The zero-order valence-corrected chi connectivity index (χ0v) is 23.2. The van der Waals surface area contributed by atoms with Crippen LogP contribution in [0.15, 0.2) is 140 Å². The highest BCUT2D eigenvalue weighted by Gasteiger charge is 2.35. The fraction of sp³-hybridized carbons (Fsp3) is 0.0750. The molecule has 0 N–H and O–H groups in total. The normalized spacial score (nSPS) is 13.3. The van der Waals surface area contributed by atoms with Crippen molar-refractivity contribution < 1.29 is 0 Å². The van der Waals surface area contributed by atoms with Crippen LogP contribution in [0.4, 0.5) is 0 Å². The van der Waals surface area contributed by atoms with Crippen molar-refractivity contribution in [2.24, 2.45) is 0 Å². The summed E-state index contributed by atoms with van der Waals surface area (Å²) in [5.41, 5.74) is 13.4. The van der Waals surface area contributed by atoms with Crippen LogP contribution in [0.2, 0.25) is 0 Å². The molecule has 1 aromatic heterocycles. The van der Waals surface area contributed by atoms with Gasteiger partial charge in [-0.05, 0) is 85.6 Å². The molecule has 0 radical (unpaired) electrons. The first-order valence-electron chi connectivity index (χ1n) is 14.3. The fourth-order valence-electron chi connectivity index (χ4n) is 6.64. The van der Waals surface area contributed by atoms with Gasteiger partial charge in [0.2, 0.25) is 0 Å². The number of nitrogens with zero attached hydrogens (tertiary/aromatic N) is 1. The third kappa shape index (κ3) is 3.81. The maximum absolute atomic E-state index is 5.24. The van der Waals surface area contributed by atoms with Crippen LogP contribution in [0.25, 0.3) is 66.3 Å². The Hall–Kier alpha value is -5.01. The molecule has 194 valence electrons. The molecule has 1 heterocycles. The molecular formula is C40H29N. The van der Waals surface area contributed by atoms with Crippen LogP contribution < -0.4 is 0 Å². The summed E-state index contributed by atoms with van der Waals surface area (Å²) in [7, 11) is 0. The van der Waals surface area contributed by atoms with Gasteiger partial charge in [0, 0.05) is 16.4 Å². The van der Waals surface area contributed by atoms with E-state index in [4.69, 9.17) is 4.98 Å². The summed E-state index contributed by atoms with van der Waals surface area (Å²) in [4.78, 5) is 5.24. The Balaban J connectivity index is 1.30. The van der Waals surface area contributed by atoms with Crippen LogP contribution in [-0.4, -0.2) is 4.98 Å². The highest BCUT2D eigenvalue weighted by Crippen LogP contribution is 2.49. The molecule has 0 aliphatic heterocycles. The van der Waals surface area contributed by atoms with Gasteiger partial charge in [-0.1, -0.05) is 123 Å². The van der Waals surface area contributed by atoms with E-state index >= 15 is 0 Å². The highest BCUT2D eigenvalue weighted by molar-refractivity contribution is 6.00. The van der Waals surface area contributed by atoms with Gasteiger partial charge in [-0.25, -0.2) is 4.98 Å². The van der Waals surface area contributed by atoms with Crippen molar-refractivity contribution in [3.8, 4) is 44.6 Å². The molecule has 1 aliphatic rings. The molecule has 0 saturated heterocycles. The number of hydrogen-bond acceptors (Lipinski definition) is 1. The first-order chi connectivity index (χ1) is 20.1. The molecule has 0 fully saturated rings. The lowest BCUT2D eigenvalue weighted by atomic mass is 9.82. The number of pyridine rings is 1. The molecule has 7 aromatic rings. The van der Waals surface area contributed by atoms with Gasteiger partial charge in [0.05, 0.1) is 11.2 Å². The molecule has 0 saturated carbocycles. The quantitative estimate of drug-likeness (QED) is 0.224. The van der Waals surface area contributed by atoms with E-state index in [9.17, 15) is 0 Å². The number of rotatable bonds is 3. The summed E-state index contributed by atoms with van der Waals surface area (Å²) in [5, 5.41) is 3.68. The van der Waals surface area contributed by atoms with E-state index in [1.165, 1.54) is 60.7 Å². The van der Waals surface area contributed by atoms with Gasteiger partial charge >= 0.3 is 0 Å². The molecule has 0 atom stereocenters. The molecule has 1 heteroatoms. The fourth-order valence-corrected chi connectivity index (χ4v) is 6.64. The molecule has 8 rings (SSSR count). The van der Waals surface area contributed by atoms with Gasteiger partial charge in [-0.2, -0.15) is 0 Å². The van der Waals surface area contributed by atoms with Gasteiger partial charge in [0.15, 0.2) is 0 Å². The Bertz CT molecular complexity index is 2120. The van der Waals surface area contributed by atoms with Gasteiger partial charge < -0.3 is 0 Å².